The van der Waals surface area contributed by atoms with Crippen molar-refractivity contribution in [2.75, 3.05) is 36.5 Å². The number of fused-ring (bicyclic) bond motifs is 4. The zero-order valence-electron chi connectivity index (χ0n) is 21.6. The number of carbonyl (C=O) groups is 1. The molecule has 3 aromatic heterocycles. The molecule has 0 aliphatic carbocycles. The monoisotopic (exact) mass is 547 g/mol. The second-order valence-electron chi connectivity index (χ2n) is 9.81. The Labute approximate surface area is 233 Å². The third-order valence-corrected chi connectivity index (χ3v) is 8.44. The number of carbonyl (C=O) groups excluding carboxylic acids is 1. The van der Waals surface area contributed by atoms with Gasteiger partial charge in [-0.15, -0.1) is 11.3 Å². The third kappa shape index (κ3) is 4.51. The van der Waals surface area contributed by atoms with Crippen LogP contribution in [-0.4, -0.2) is 37.2 Å². The Bertz CT molecular complexity index is 1940. The lowest BCUT2D eigenvalue weighted by molar-refractivity contribution is -0.115. The van der Waals surface area contributed by atoms with Gasteiger partial charge in [-0.25, -0.2) is 0 Å². The van der Waals surface area contributed by atoms with Crippen molar-refractivity contribution >= 4 is 60.0 Å². The first-order valence-electron chi connectivity index (χ1n) is 13.2. The van der Waals surface area contributed by atoms with E-state index in [1.807, 2.05) is 54.6 Å². The first kappa shape index (κ1) is 24.5. The van der Waals surface area contributed by atoms with Crippen LogP contribution in [0, 0.1) is 0 Å². The van der Waals surface area contributed by atoms with Crippen LogP contribution < -0.4 is 15.6 Å². The number of rotatable bonds is 5. The van der Waals surface area contributed by atoms with E-state index in [0.717, 1.165) is 42.6 Å². The predicted molar refractivity (Wildman–Crippen MR) is 160 cm³/mol. The molecule has 1 aliphatic heterocycles. The summed E-state index contributed by atoms with van der Waals surface area (Å²) < 4.78 is 14.1. The van der Waals surface area contributed by atoms with E-state index in [1.165, 1.54) is 0 Å². The molecule has 4 heterocycles. The Morgan fingerprint density at radius 3 is 2.58 bits per heavy atom. The molecule has 0 saturated carbocycles. The zero-order chi connectivity index (χ0) is 27.1. The highest BCUT2D eigenvalue weighted by Crippen LogP contribution is 2.42. The molecule has 1 fully saturated rings. The number of pyridine rings is 1. The van der Waals surface area contributed by atoms with Crippen molar-refractivity contribution in [3.8, 4) is 11.1 Å². The molecule has 1 aliphatic rings. The van der Waals surface area contributed by atoms with Crippen molar-refractivity contribution in [1.29, 1.82) is 0 Å². The molecule has 7 rings (SSSR count). The average molecular weight is 548 g/mol. The molecule has 0 spiro atoms. The topological polar surface area (TPSA) is 84.7 Å². The molecule has 0 radical (unpaired) electrons. The summed E-state index contributed by atoms with van der Waals surface area (Å²) in [6.45, 7) is 2.58. The maximum Gasteiger partial charge on any atom is 0.228 e. The second-order valence-corrected chi connectivity index (χ2v) is 10.9. The standard InChI is InChI=1S/C32H25N3O4S/c36-27-18-30(35-12-14-38-15-13-35)39-31-22(5-1-8-25(27)31)23-6-2-7-24-26-17-21(9-10-28(26)40-32(23)24)34-29(37)16-20-4-3-11-33-19-20/h1-11,17-19H,12-16H2,(H,34,37). The number of para-hydroxylation sites is 1. The number of ether oxygens (including phenoxy) is 1. The summed E-state index contributed by atoms with van der Waals surface area (Å²) in [6, 6.07) is 23.2. The van der Waals surface area contributed by atoms with Crippen molar-refractivity contribution in [3.05, 3.63) is 101 Å². The van der Waals surface area contributed by atoms with Gasteiger partial charge in [0, 0.05) is 68.5 Å². The quantitative estimate of drug-likeness (QED) is 0.275. The fraction of sp³-hybridized carbons (Fsp3) is 0.156. The molecule has 0 unspecified atom stereocenters. The molecule has 7 nitrogen and oxygen atoms in total. The number of thiophene rings is 1. The van der Waals surface area contributed by atoms with Crippen LogP contribution in [0.2, 0.25) is 0 Å². The maximum atomic E-state index is 13.1. The van der Waals surface area contributed by atoms with Crippen LogP contribution in [0.3, 0.4) is 0 Å². The zero-order valence-corrected chi connectivity index (χ0v) is 22.4. The lowest BCUT2D eigenvalue weighted by Crippen LogP contribution is -2.36. The van der Waals surface area contributed by atoms with Gasteiger partial charge in [0.2, 0.25) is 5.91 Å². The van der Waals surface area contributed by atoms with E-state index < -0.39 is 0 Å². The van der Waals surface area contributed by atoms with E-state index in [2.05, 4.69) is 27.3 Å². The van der Waals surface area contributed by atoms with E-state index in [1.54, 1.807) is 29.8 Å². The molecule has 198 valence electrons. The summed E-state index contributed by atoms with van der Waals surface area (Å²) >= 11 is 1.69. The first-order chi connectivity index (χ1) is 19.6. The lowest BCUT2D eigenvalue weighted by Gasteiger charge is -2.27. The summed E-state index contributed by atoms with van der Waals surface area (Å²) in [5.74, 6) is 0.484. The summed E-state index contributed by atoms with van der Waals surface area (Å²) in [4.78, 5) is 31.9. The summed E-state index contributed by atoms with van der Waals surface area (Å²) in [7, 11) is 0. The van der Waals surface area contributed by atoms with Gasteiger partial charge in [0.1, 0.15) is 5.58 Å². The van der Waals surface area contributed by atoms with Crippen LogP contribution in [0.15, 0.2) is 94.4 Å². The highest BCUT2D eigenvalue weighted by Gasteiger charge is 2.19. The minimum atomic E-state index is -0.0885. The van der Waals surface area contributed by atoms with Crippen molar-refractivity contribution < 1.29 is 13.9 Å². The van der Waals surface area contributed by atoms with Gasteiger partial charge in [-0.3, -0.25) is 14.6 Å². The van der Waals surface area contributed by atoms with Gasteiger partial charge in [-0.05, 0) is 35.9 Å². The maximum absolute atomic E-state index is 13.1. The van der Waals surface area contributed by atoms with E-state index >= 15 is 0 Å². The van der Waals surface area contributed by atoms with Crippen LogP contribution >= 0.6 is 11.3 Å². The molecule has 0 bridgehead atoms. The van der Waals surface area contributed by atoms with Crippen LogP contribution in [-0.2, 0) is 16.0 Å². The fourth-order valence-electron chi connectivity index (χ4n) is 5.30. The van der Waals surface area contributed by atoms with E-state index in [9.17, 15) is 9.59 Å². The van der Waals surface area contributed by atoms with E-state index in [-0.39, 0.29) is 17.8 Å². The number of nitrogens with one attached hydrogen (secondary N) is 1. The summed E-state index contributed by atoms with van der Waals surface area (Å²) in [6.07, 6.45) is 3.66. The van der Waals surface area contributed by atoms with Gasteiger partial charge in [0.15, 0.2) is 11.3 Å². The fourth-order valence-corrected chi connectivity index (χ4v) is 6.51. The number of benzene rings is 3. The van der Waals surface area contributed by atoms with Crippen molar-refractivity contribution in [3.63, 3.8) is 0 Å². The molecule has 0 atom stereocenters. The van der Waals surface area contributed by atoms with Crippen LogP contribution in [0.4, 0.5) is 11.6 Å². The average Bonchev–Trinajstić information content (AvgIpc) is 3.36. The van der Waals surface area contributed by atoms with E-state index in [0.29, 0.717) is 43.2 Å². The lowest BCUT2D eigenvalue weighted by atomic mass is 10.0. The number of anilines is 2. The molecule has 6 aromatic rings. The van der Waals surface area contributed by atoms with Crippen LogP contribution in [0.5, 0.6) is 0 Å². The Morgan fingerprint density at radius 1 is 0.925 bits per heavy atom. The minimum absolute atomic E-state index is 0.0558. The Balaban J connectivity index is 1.30. The molecule has 1 N–H and O–H groups in total. The van der Waals surface area contributed by atoms with Gasteiger partial charge in [0.25, 0.3) is 0 Å². The molecular weight excluding hydrogens is 522 g/mol. The number of hydrogen-bond acceptors (Lipinski definition) is 7. The first-order valence-corrected chi connectivity index (χ1v) is 14.0. The number of nitrogens with zero attached hydrogens (tertiary/aromatic N) is 2. The molecule has 1 saturated heterocycles. The molecule has 40 heavy (non-hydrogen) atoms. The second kappa shape index (κ2) is 10.2. The van der Waals surface area contributed by atoms with Gasteiger partial charge >= 0.3 is 0 Å². The SMILES string of the molecule is O=C(Cc1cccnc1)Nc1ccc2sc3c(-c4cccc5c(=O)cc(N6CCOCC6)oc45)cccc3c2c1. The van der Waals surface area contributed by atoms with Crippen LogP contribution in [0.25, 0.3) is 42.3 Å². The third-order valence-electron chi connectivity index (χ3n) is 7.22. The van der Waals surface area contributed by atoms with Crippen molar-refractivity contribution in [1.82, 2.24) is 4.98 Å². The van der Waals surface area contributed by atoms with Gasteiger partial charge in [-0.2, -0.15) is 0 Å². The molecular formula is C32H25N3O4S. The van der Waals surface area contributed by atoms with Gasteiger partial charge < -0.3 is 19.4 Å². The molecule has 1 amide bonds. The Morgan fingerprint density at radius 2 is 1.75 bits per heavy atom. The number of aromatic nitrogens is 1. The highest BCUT2D eigenvalue weighted by atomic mass is 32.1. The summed E-state index contributed by atoms with van der Waals surface area (Å²) in [5, 5.41) is 5.74. The molecule has 3 aromatic carbocycles. The molecule has 8 heteroatoms. The highest BCUT2D eigenvalue weighted by molar-refractivity contribution is 7.26. The smallest absolute Gasteiger partial charge is 0.228 e. The van der Waals surface area contributed by atoms with Gasteiger partial charge in [-0.1, -0.05) is 36.4 Å². The largest absolute Gasteiger partial charge is 0.440 e. The van der Waals surface area contributed by atoms with Gasteiger partial charge in [0.05, 0.1) is 25.0 Å². The Kier molecular flexibility index (Phi) is 6.26. The Hall–Kier alpha value is -4.53. The predicted octanol–water partition coefficient (Wildman–Crippen LogP) is 6.24. The number of morpholine rings is 1. The van der Waals surface area contributed by atoms with Crippen molar-refractivity contribution in [2.45, 2.75) is 6.42 Å². The normalized spacial score (nSPS) is 13.8. The van der Waals surface area contributed by atoms with Crippen LogP contribution in [0.1, 0.15) is 5.56 Å². The number of amides is 1. The van der Waals surface area contributed by atoms with E-state index in [4.69, 9.17) is 9.15 Å². The minimum Gasteiger partial charge on any atom is -0.440 e. The summed E-state index contributed by atoms with van der Waals surface area (Å²) in [5.41, 5.74) is 4.04. The number of hydrogen-bond donors (Lipinski definition) is 1. The van der Waals surface area contributed by atoms with Crippen molar-refractivity contribution in [2.24, 2.45) is 0 Å².